The lowest BCUT2D eigenvalue weighted by Crippen LogP contribution is -2.50. The highest BCUT2D eigenvalue weighted by atomic mass is 17.3. The van der Waals surface area contributed by atoms with Crippen molar-refractivity contribution >= 4 is 11.8 Å². The van der Waals surface area contributed by atoms with Crippen molar-refractivity contribution in [1.29, 1.82) is 0 Å². The highest BCUT2D eigenvalue weighted by Crippen LogP contribution is 2.79. The lowest BCUT2D eigenvalue weighted by atomic mass is 9.56. The highest BCUT2D eigenvalue weighted by Gasteiger charge is 2.77. The number of benzene rings is 1. The Kier molecular flexibility index (Phi) is 4.08. The van der Waals surface area contributed by atoms with Crippen molar-refractivity contribution in [1.82, 2.24) is 0 Å². The number of carbonyl (C=O) groups excluding carboxylic acids is 1. The van der Waals surface area contributed by atoms with E-state index in [1.807, 2.05) is 0 Å². The molecule has 5 saturated carbocycles. The fraction of sp³-hybridized carbons (Fsp3) is 0.708. The van der Waals surface area contributed by atoms with Crippen LogP contribution in [-0.4, -0.2) is 28.8 Å². The van der Waals surface area contributed by atoms with Crippen LogP contribution in [0, 0.1) is 39.2 Å². The average molecular weight is 457 g/mol. The number of rotatable bonds is 3. The molecule has 0 radical (unpaired) electrons. The molecule has 6 fully saturated rings. The molecule has 6 atom stereocenters. The quantitative estimate of drug-likeness (QED) is 0.208. The molecule has 3 spiro atoms. The Morgan fingerprint density at radius 2 is 1.70 bits per heavy atom. The van der Waals surface area contributed by atoms with Gasteiger partial charge in [-0.2, -0.15) is 9.78 Å². The first-order chi connectivity index (χ1) is 15.9. The van der Waals surface area contributed by atoms with Gasteiger partial charge in [-0.3, -0.25) is 10.1 Å². The summed E-state index contributed by atoms with van der Waals surface area (Å²) in [4.78, 5) is 34.7. The summed E-state index contributed by atoms with van der Waals surface area (Å²) in [6, 6.07) is 5.31. The molecule has 1 saturated heterocycles. The molecule has 1 aliphatic heterocycles. The average Bonchev–Trinajstić information content (AvgIpc) is 3.36. The summed E-state index contributed by atoms with van der Waals surface area (Å²) >= 11 is 0. The maximum atomic E-state index is 12.4. The van der Waals surface area contributed by atoms with Gasteiger partial charge in [0.25, 0.3) is 5.69 Å². The molecular formula is C24H27NO8. The predicted octanol–water partition coefficient (Wildman–Crippen LogP) is 4.88. The van der Waals surface area contributed by atoms with E-state index in [1.54, 1.807) is 0 Å². The SMILES string of the molecule is O=C(Oc1ccc([N+](=O)[O-])cc1)OC1CCCC2(C1)OOC1(O2)C2CC3CC4CC1CC34C2. The van der Waals surface area contributed by atoms with Crippen molar-refractivity contribution in [3.63, 3.8) is 0 Å². The number of nitro benzene ring substituents is 1. The van der Waals surface area contributed by atoms with Gasteiger partial charge in [-0.25, -0.2) is 4.79 Å². The number of nitro groups is 1. The van der Waals surface area contributed by atoms with E-state index in [2.05, 4.69) is 0 Å². The Hall–Kier alpha value is -2.23. The summed E-state index contributed by atoms with van der Waals surface area (Å²) in [5, 5.41) is 10.8. The lowest BCUT2D eigenvalue weighted by molar-refractivity contribution is -0.384. The van der Waals surface area contributed by atoms with Crippen LogP contribution in [0.1, 0.15) is 57.8 Å². The second-order valence-corrected chi connectivity index (χ2v) is 11.0. The number of fused-ring (bicyclic) bond motifs is 4. The molecule has 3 bridgehead atoms. The van der Waals surface area contributed by atoms with Crippen LogP contribution >= 0.6 is 0 Å². The van der Waals surface area contributed by atoms with E-state index in [4.69, 9.17) is 24.0 Å². The van der Waals surface area contributed by atoms with Crippen molar-refractivity contribution < 1.29 is 33.7 Å². The summed E-state index contributed by atoms with van der Waals surface area (Å²) in [6.45, 7) is 0. The zero-order valence-electron chi connectivity index (χ0n) is 18.3. The molecule has 5 aliphatic carbocycles. The van der Waals surface area contributed by atoms with Gasteiger partial charge in [-0.1, -0.05) is 0 Å². The van der Waals surface area contributed by atoms with Crippen LogP contribution in [0.15, 0.2) is 24.3 Å². The first kappa shape index (κ1) is 20.2. The first-order valence-corrected chi connectivity index (χ1v) is 12.1. The molecule has 9 nitrogen and oxygen atoms in total. The molecule has 0 N–H and O–H groups in total. The molecule has 0 aromatic heterocycles. The molecule has 33 heavy (non-hydrogen) atoms. The normalized spacial score (nSPS) is 46.4. The predicted molar refractivity (Wildman–Crippen MR) is 111 cm³/mol. The van der Waals surface area contributed by atoms with Crippen LogP contribution in [0.3, 0.4) is 0 Å². The van der Waals surface area contributed by atoms with Gasteiger partial charge in [-0.05, 0) is 74.3 Å². The maximum absolute atomic E-state index is 12.4. The molecular weight excluding hydrogens is 430 g/mol. The standard InChI is InChI=1S/C24H27NO8/c26-21(29-19-5-3-18(4-6-19)25(27)28)30-20-2-1-7-23(13-20)31-24(33-32-23)16-9-14-8-15-10-17(24)12-22(14,15)11-16/h3-6,14-17,20H,1-2,7-13H2. The fourth-order valence-electron chi connectivity index (χ4n) is 8.19. The van der Waals surface area contributed by atoms with Crippen LogP contribution in [0.25, 0.3) is 0 Å². The number of ether oxygens (including phenoxy) is 3. The third-order valence-corrected chi connectivity index (χ3v) is 9.53. The summed E-state index contributed by atoms with van der Waals surface area (Å²) < 4.78 is 17.6. The second-order valence-electron chi connectivity index (χ2n) is 11.0. The molecule has 1 aromatic carbocycles. The highest BCUT2D eigenvalue weighted by molar-refractivity contribution is 5.64. The lowest BCUT2D eigenvalue weighted by Gasteiger charge is -2.49. The summed E-state index contributed by atoms with van der Waals surface area (Å²) in [6.07, 6.45) is 7.46. The number of hydrogen-bond donors (Lipinski definition) is 0. The number of nitrogens with zero attached hydrogens (tertiary/aromatic N) is 1. The van der Waals surface area contributed by atoms with Crippen molar-refractivity contribution in [2.24, 2.45) is 29.1 Å². The molecule has 6 aliphatic rings. The van der Waals surface area contributed by atoms with Crippen molar-refractivity contribution in [2.75, 3.05) is 0 Å². The minimum atomic E-state index is -0.883. The third kappa shape index (κ3) is 2.79. The van der Waals surface area contributed by atoms with Gasteiger partial charge in [0.2, 0.25) is 11.6 Å². The fourth-order valence-corrected chi connectivity index (χ4v) is 8.19. The van der Waals surface area contributed by atoms with Gasteiger partial charge in [0, 0.05) is 36.8 Å². The number of carbonyl (C=O) groups is 1. The van der Waals surface area contributed by atoms with Crippen LogP contribution < -0.4 is 4.74 Å². The maximum Gasteiger partial charge on any atom is 0.514 e. The van der Waals surface area contributed by atoms with Crippen LogP contribution in [0.4, 0.5) is 10.5 Å². The van der Waals surface area contributed by atoms with E-state index < -0.39 is 28.8 Å². The van der Waals surface area contributed by atoms with E-state index in [-0.39, 0.29) is 11.4 Å². The summed E-state index contributed by atoms with van der Waals surface area (Å²) in [5.41, 5.74) is 0.485. The molecule has 6 unspecified atom stereocenters. The monoisotopic (exact) mass is 457 g/mol. The van der Waals surface area contributed by atoms with Gasteiger partial charge in [0.1, 0.15) is 11.9 Å². The van der Waals surface area contributed by atoms with Crippen LogP contribution in [-0.2, 0) is 19.2 Å². The molecule has 176 valence electrons. The minimum Gasteiger partial charge on any atom is -0.430 e. The van der Waals surface area contributed by atoms with Gasteiger partial charge in [0.05, 0.1) is 4.92 Å². The van der Waals surface area contributed by atoms with Gasteiger partial charge < -0.3 is 14.2 Å². The molecule has 7 rings (SSSR count). The number of non-ortho nitro benzene ring substituents is 1. The van der Waals surface area contributed by atoms with Gasteiger partial charge in [0.15, 0.2) is 0 Å². The first-order valence-electron chi connectivity index (χ1n) is 12.1. The Balaban J connectivity index is 1.02. The molecule has 9 heteroatoms. The third-order valence-electron chi connectivity index (χ3n) is 9.53. The van der Waals surface area contributed by atoms with Crippen molar-refractivity contribution in [3.8, 4) is 5.75 Å². The van der Waals surface area contributed by atoms with E-state index in [9.17, 15) is 14.9 Å². The van der Waals surface area contributed by atoms with E-state index in [0.29, 0.717) is 36.5 Å². The molecule has 1 aromatic rings. The number of hydrogen-bond acceptors (Lipinski definition) is 8. The Labute approximate surface area is 190 Å². The Morgan fingerprint density at radius 1 is 1.00 bits per heavy atom. The molecule has 0 amide bonds. The Morgan fingerprint density at radius 3 is 2.39 bits per heavy atom. The summed E-state index contributed by atoms with van der Waals surface area (Å²) in [7, 11) is 0. The smallest absolute Gasteiger partial charge is 0.430 e. The van der Waals surface area contributed by atoms with Crippen LogP contribution in [0.2, 0.25) is 0 Å². The van der Waals surface area contributed by atoms with E-state index in [1.165, 1.54) is 56.4 Å². The van der Waals surface area contributed by atoms with E-state index >= 15 is 0 Å². The van der Waals surface area contributed by atoms with E-state index in [0.717, 1.165) is 18.3 Å². The molecule has 1 heterocycles. The zero-order chi connectivity index (χ0) is 22.4. The largest absolute Gasteiger partial charge is 0.514 e. The van der Waals surface area contributed by atoms with Gasteiger partial charge in [-0.15, -0.1) is 0 Å². The summed E-state index contributed by atoms with van der Waals surface area (Å²) in [5.74, 6) is 1.11. The zero-order valence-corrected chi connectivity index (χ0v) is 18.3. The minimum absolute atomic E-state index is 0.0730. The van der Waals surface area contributed by atoms with Crippen molar-refractivity contribution in [3.05, 3.63) is 34.4 Å². The van der Waals surface area contributed by atoms with Crippen molar-refractivity contribution in [2.45, 2.75) is 75.5 Å². The second kappa shape index (κ2) is 6.67. The van der Waals surface area contributed by atoms with Crippen LogP contribution in [0.5, 0.6) is 5.75 Å². The topological polar surface area (TPSA) is 106 Å². The Bertz CT molecular complexity index is 986. The van der Waals surface area contributed by atoms with Gasteiger partial charge >= 0.3 is 6.16 Å².